The number of halogens is 3. The van der Waals surface area contributed by atoms with Crippen molar-refractivity contribution in [1.29, 1.82) is 0 Å². The molecule has 1 aromatic heterocycles. The molecule has 174 valence electrons. The molecule has 0 aliphatic heterocycles. The SMILES string of the molecule is CN(C)C/C=C/C(=O)Nc1ccc2ncnc(Nc3cccc(Cl)c3F)c2c1OCCCF. The van der Waals surface area contributed by atoms with Gasteiger partial charge in [0.05, 0.1) is 40.6 Å². The van der Waals surface area contributed by atoms with Crippen molar-refractivity contribution in [3.05, 3.63) is 59.7 Å². The molecule has 33 heavy (non-hydrogen) atoms. The Morgan fingerprint density at radius 2 is 2.03 bits per heavy atom. The fourth-order valence-electron chi connectivity index (χ4n) is 2.97. The van der Waals surface area contributed by atoms with Crippen LogP contribution >= 0.6 is 11.6 Å². The predicted molar refractivity (Wildman–Crippen MR) is 127 cm³/mol. The van der Waals surface area contributed by atoms with Crippen molar-refractivity contribution >= 4 is 45.6 Å². The van der Waals surface area contributed by atoms with Gasteiger partial charge in [0.2, 0.25) is 5.91 Å². The number of anilines is 3. The summed E-state index contributed by atoms with van der Waals surface area (Å²) in [5.74, 6) is -0.503. The quantitative estimate of drug-likeness (QED) is 0.319. The van der Waals surface area contributed by atoms with E-state index in [9.17, 15) is 13.6 Å². The van der Waals surface area contributed by atoms with E-state index in [1.54, 1.807) is 24.3 Å². The van der Waals surface area contributed by atoms with Crippen molar-refractivity contribution in [2.45, 2.75) is 6.42 Å². The number of nitrogens with one attached hydrogen (secondary N) is 2. The molecule has 2 aromatic carbocycles. The fraction of sp³-hybridized carbons (Fsp3) is 0.261. The highest BCUT2D eigenvalue weighted by Gasteiger charge is 2.18. The van der Waals surface area contributed by atoms with Crippen molar-refractivity contribution in [2.24, 2.45) is 0 Å². The summed E-state index contributed by atoms with van der Waals surface area (Å²) in [5, 5.41) is 6.05. The number of ether oxygens (including phenoxy) is 1. The van der Waals surface area contributed by atoms with Crippen LogP contribution in [-0.4, -0.2) is 54.7 Å². The number of likely N-dealkylation sites (N-methyl/N-ethyl adjacent to an activating group) is 1. The average Bonchev–Trinajstić information content (AvgIpc) is 2.78. The van der Waals surface area contributed by atoms with Crippen LogP contribution in [0.4, 0.5) is 26.0 Å². The molecule has 0 bridgehead atoms. The molecule has 0 unspecified atom stereocenters. The Kier molecular flexibility index (Phi) is 8.51. The van der Waals surface area contributed by atoms with Crippen molar-refractivity contribution in [3.8, 4) is 5.75 Å². The van der Waals surface area contributed by atoms with E-state index in [0.29, 0.717) is 23.1 Å². The van der Waals surface area contributed by atoms with Gasteiger partial charge in [-0.3, -0.25) is 9.18 Å². The van der Waals surface area contributed by atoms with E-state index < -0.39 is 12.5 Å². The van der Waals surface area contributed by atoms with Crippen LogP contribution in [0, 0.1) is 5.82 Å². The smallest absolute Gasteiger partial charge is 0.248 e. The van der Waals surface area contributed by atoms with Crippen LogP contribution < -0.4 is 15.4 Å². The van der Waals surface area contributed by atoms with E-state index in [2.05, 4.69) is 20.6 Å². The molecule has 0 fully saturated rings. The Bertz CT molecular complexity index is 1160. The molecule has 0 saturated carbocycles. The molecule has 3 aromatic rings. The Hall–Kier alpha value is -3.30. The summed E-state index contributed by atoms with van der Waals surface area (Å²) >= 11 is 5.89. The highest BCUT2D eigenvalue weighted by atomic mass is 35.5. The van der Waals surface area contributed by atoms with Gasteiger partial charge in [0.15, 0.2) is 11.6 Å². The van der Waals surface area contributed by atoms with Gasteiger partial charge in [-0.15, -0.1) is 0 Å². The van der Waals surface area contributed by atoms with Gasteiger partial charge in [-0.05, 0) is 38.4 Å². The van der Waals surface area contributed by atoms with Gasteiger partial charge in [0.1, 0.15) is 12.1 Å². The molecule has 0 saturated heterocycles. The zero-order valence-corrected chi connectivity index (χ0v) is 19.0. The van der Waals surface area contributed by atoms with Gasteiger partial charge in [-0.25, -0.2) is 14.4 Å². The van der Waals surface area contributed by atoms with Gasteiger partial charge in [0, 0.05) is 19.0 Å². The van der Waals surface area contributed by atoms with Crippen molar-refractivity contribution in [3.63, 3.8) is 0 Å². The second-order valence-electron chi connectivity index (χ2n) is 7.33. The van der Waals surface area contributed by atoms with E-state index in [0.717, 1.165) is 0 Å². The van der Waals surface area contributed by atoms with Gasteiger partial charge in [-0.1, -0.05) is 23.7 Å². The lowest BCUT2D eigenvalue weighted by Gasteiger charge is -2.17. The molecular formula is C23H24ClF2N5O2. The van der Waals surface area contributed by atoms with Gasteiger partial charge >= 0.3 is 0 Å². The molecule has 2 N–H and O–H groups in total. The number of benzene rings is 2. The molecule has 7 nitrogen and oxygen atoms in total. The van der Waals surface area contributed by atoms with Crippen LogP contribution in [0.1, 0.15) is 6.42 Å². The minimum Gasteiger partial charge on any atom is -0.490 e. The number of rotatable bonds is 10. The number of amides is 1. The number of hydrogen-bond acceptors (Lipinski definition) is 6. The topological polar surface area (TPSA) is 79.4 Å². The van der Waals surface area contributed by atoms with Crippen LogP contribution in [0.3, 0.4) is 0 Å². The zero-order valence-electron chi connectivity index (χ0n) is 18.2. The molecule has 0 aliphatic rings. The number of nitrogens with zero attached hydrogens (tertiary/aromatic N) is 3. The highest BCUT2D eigenvalue weighted by molar-refractivity contribution is 6.31. The Morgan fingerprint density at radius 1 is 1.21 bits per heavy atom. The normalized spacial score (nSPS) is 11.3. The first-order valence-electron chi connectivity index (χ1n) is 10.2. The summed E-state index contributed by atoms with van der Waals surface area (Å²) in [6, 6.07) is 7.86. The zero-order chi connectivity index (χ0) is 23.8. The second kappa shape index (κ2) is 11.5. The van der Waals surface area contributed by atoms with E-state index in [4.69, 9.17) is 16.3 Å². The molecule has 1 amide bonds. The lowest BCUT2D eigenvalue weighted by molar-refractivity contribution is -0.111. The number of alkyl halides is 1. The average molecular weight is 476 g/mol. The summed E-state index contributed by atoms with van der Waals surface area (Å²) in [5.41, 5.74) is 0.954. The predicted octanol–water partition coefficient (Wildman–Crippen LogP) is 4.96. The van der Waals surface area contributed by atoms with Crippen LogP contribution in [-0.2, 0) is 4.79 Å². The maximum absolute atomic E-state index is 14.5. The summed E-state index contributed by atoms with van der Waals surface area (Å²) in [6.45, 7) is 0.0992. The third-order valence-corrected chi connectivity index (χ3v) is 4.77. The molecule has 0 aliphatic carbocycles. The van der Waals surface area contributed by atoms with Crippen LogP contribution in [0.25, 0.3) is 10.9 Å². The highest BCUT2D eigenvalue weighted by Crippen LogP contribution is 2.38. The number of hydrogen-bond donors (Lipinski definition) is 2. The molecule has 0 spiro atoms. The monoisotopic (exact) mass is 475 g/mol. The van der Waals surface area contributed by atoms with E-state index >= 15 is 0 Å². The Morgan fingerprint density at radius 3 is 2.79 bits per heavy atom. The van der Waals surface area contributed by atoms with Gasteiger partial charge in [0.25, 0.3) is 0 Å². The maximum Gasteiger partial charge on any atom is 0.248 e. The number of fused-ring (bicyclic) bond motifs is 1. The molecule has 10 heteroatoms. The van der Waals surface area contributed by atoms with Crippen molar-refractivity contribution in [1.82, 2.24) is 14.9 Å². The number of carbonyl (C=O) groups is 1. The first kappa shape index (κ1) is 24.3. The van der Waals surface area contributed by atoms with Crippen LogP contribution in [0.5, 0.6) is 5.75 Å². The number of carbonyl (C=O) groups excluding carboxylic acids is 1. The third-order valence-electron chi connectivity index (χ3n) is 4.48. The van der Waals surface area contributed by atoms with Crippen LogP contribution in [0.2, 0.25) is 5.02 Å². The lowest BCUT2D eigenvalue weighted by Crippen LogP contribution is -2.14. The summed E-state index contributed by atoms with van der Waals surface area (Å²) in [4.78, 5) is 22.8. The first-order valence-corrected chi connectivity index (χ1v) is 10.6. The lowest BCUT2D eigenvalue weighted by atomic mass is 10.1. The summed E-state index contributed by atoms with van der Waals surface area (Å²) < 4.78 is 33.0. The minimum absolute atomic E-state index is 0.0461. The standard InChI is InChI=1S/C23H24ClF2N5O2/c1-31(2)12-4-8-19(32)29-18-10-9-16-20(22(18)33-13-5-11-25)23(28-14-27-16)30-17-7-3-6-15(24)21(17)26/h3-4,6-10,14H,5,11-13H2,1-2H3,(H,29,32)(H,27,28,30)/b8-4+. The maximum atomic E-state index is 14.5. The molecule has 0 atom stereocenters. The third kappa shape index (κ3) is 6.36. The Balaban J connectivity index is 2.03. The van der Waals surface area contributed by atoms with Crippen molar-refractivity contribution in [2.75, 3.05) is 44.6 Å². The fourth-order valence-corrected chi connectivity index (χ4v) is 3.14. The first-order chi connectivity index (χ1) is 15.9. The van der Waals surface area contributed by atoms with E-state index in [-0.39, 0.29) is 41.2 Å². The Labute approximate surface area is 195 Å². The number of aromatic nitrogens is 2. The molecule has 0 radical (unpaired) electrons. The van der Waals surface area contributed by atoms with Crippen LogP contribution in [0.15, 0.2) is 48.8 Å². The van der Waals surface area contributed by atoms with E-state index in [1.807, 2.05) is 19.0 Å². The molecule has 3 rings (SSSR count). The van der Waals surface area contributed by atoms with Gasteiger partial charge < -0.3 is 20.3 Å². The summed E-state index contributed by atoms with van der Waals surface area (Å²) in [6.07, 6.45) is 4.61. The molecule has 1 heterocycles. The summed E-state index contributed by atoms with van der Waals surface area (Å²) in [7, 11) is 3.78. The van der Waals surface area contributed by atoms with Gasteiger partial charge in [-0.2, -0.15) is 0 Å². The van der Waals surface area contributed by atoms with E-state index in [1.165, 1.54) is 24.5 Å². The van der Waals surface area contributed by atoms with Crippen molar-refractivity contribution < 1.29 is 18.3 Å². The molecular weight excluding hydrogens is 452 g/mol. The second-order valence-corrected chi connectivity index (χ2v) is 7.74. The minimum atomic E-state index is -0.638. The largest absolute Gasteiger partial charge is 0.490 e.